The number of hydrogen-bond donors (Lipinski definition) is 2. The number of rotatable bonds is 27. The molecule has 55 heavy (non-hydrogen) atoms. The minimum absolute atomic E-state index is 0.0607. The molecule has 0 aromatic rings. The number of carbonyl (C=O) groups excluding carboxylic acids is 3. The van der Waals surface area contributed by atoms with E-state index in [1.54, 1.807) is 13.0 Å². The number of ether oxygens (including phenoxy) is 2. The van der Waals surface area contributed by atoms with Gasteiger partial charge < -0.3 is 19.7 Å². The van der Waals surface area contributed by atoms with E-state index in [0.29, 0.717) is 24.0 Å². The molecular formula is C48H80O7. The third-order valence-electron chi connectivity index (χ3n) is 14.3. The van der Waals surface area contributed by atoms with E-state index in [9.17, 15) is 24.6 Å². The van der Waals surface area contributed by atoms with Gasteiger partial charge in [-0.05, 0) is 60.5 Å². The highest BCUT2D eigenvalue weighted by Crippen LogP contribution is 2.71. The van der Waals surface area contributed by atoms with Gasteiger partial charge in [0.1, 0.15) is 12.7 Å². The van der Waals surface area contributed by atoms with Crippen molar-refractivity contribution >= 4 is 17.7 Å². The summed E-state index contributed by atoms with van der Waals surface area (Å²) in [7, 11) is 0. The van der Waals surface area contributed by atoms with Gasteiger partial charge in [0, 0.05) is 18.8 Å². The molecule has 2 fully saturated rings. The van der Waals surface area contributed by atoms with Gasteiger partial charge in [0.05, 0.1) is 5.41 Å². The summed E-state index contributed by atoms with van der Waals surface area (Å²) >= 11 is 0. The van der Waals surface area contributed by atoms with E-state index in [2.05, 4.69) is 27.7 Å². The molecule has 0 aliphatic heterocycles. The van der Waals surface area contributed by atoms with Gasteiger partial charge in [0.2, 0.25) is 0 Å². The lowest BCUT2D eigenvalue weighted by Crippen LogP contribution is -2.65. The molecule has 0 aromatic carbocycles. The molecule has 314 valence electrons. The first-order valence-corrected chi connectivity index (χ1v) is 23.1. The normalized spacial score (nSPS) is 30.4. The Balaban J connectivity index is 1.35. The number of Topliss-reactive ketones (excluding diaryl/α,β-unsaturated/α-hetero) is 1. The second-order valence-corrected chi connectivity index (χ2v) is 18.8. The van der Waals surface area contributed by atoms with E-state index in [4.69, 9.17) is 9.47 Å². The van der Waals surface area contributed by atoms with Crippen LogP contribution < -0.4 is 0 Å². The van der Waals surface area contributed by atoms with Gasteiger partial charge in [0.25, 0.3) is 0 Å². The maximum Gasteiger partial charge on any atom is 0.306 e. The predicted octanol–water partition coefficient (Wildman–Crippen LogP) is 11.3. The fourth-order valence-electron chi connectivity index (χ4n) is 10.9. The summed E-state index contributed by atoms with van der Waals surface area (Å²) in [4.78, 5) is 41.3. The molecule has 2 bridgehead atoms. The molecule has 1 spiro atoms. The van der Waals surface area contributed by atoms with Gasteiger partial charge in [-0.2, -0.15) is 0 Å². The Morgan fingerprint density at radius 3 is 1.69 bits per heavy atom. The highest BCUT2D eigenvalue weighted by atomic mass is 16.6. The highest BCUT2D eigenvalue weighted by Gasteiger charge is 2.76. The largest absolute Gasteiger partial charge is 0.461 e. The molecule has 4 rings (SSSR count). The molecule has 0 heterocycles. The van der Waals surface area contributed by atoms with Crippen molar-refractivity contribution in [1.82, 2.24) is 0 Å². The van der Waals surface area contributed by atoms with Crippen LogP contribution in [0.25, 0.3) is 0 Å². The summed E-state index contributed by atoms with van der Waals surface area (Å²) in [5.41, 5.74) is -2.67. The van der Waals surface area contributed by atoms with Gasteiger partial charge in [-0.3, -0.25) is 14.4 Å². The van der Waals surface area contributed by atoms with Crippen molar-refractivity contribution in [3.8, 4) is 0 Å². The fourth-order valence-corrected chi connectivity index (χ4v) is 10.9. The van der Waals surface area contributed by atoms with Crippen molar-refractivity contribution in [3.63, 3.8) is 0 Å². The fraction of sp³-hybridized carbons (Fsp3) is 0.854. The highest BCUT2D eigenvalue weighted by molar-refractivity contribution is 5.95. The smallest absolute Gasteiger partial charge is 0.306 e. The first-order chi connectivity index (χ1) is 26.4. The number of ketones is 1. The quantitative estimate of drug-likeness (QED) is 0.0486. The van der Waals surface area contributed by atoms with Crippen LogP contribution in [0.2, 0.25) is 0 Å². The Morgan fingerprint density at radius 2 is 1.20 bits per heavy atom. The molecule has 0 saturated heterocycles. The molecule has 4 aliphatic carbocycles. The first-order valence-electron chi connectivity index (χ1n) is 23.1. The Morgan fingerprint density at radius 1 is 0.745 bits per heavy atom. The van der Waals surface area contributed by atoms with Crippen LogP contribution in [-0.2, 0) is 23.9 Å². The van der Waals surface area contributed by atoms with Crippen LogP contribution in [0.15, 0.2) is 23.3 Å². The van der Waals surface area contributed by atoms with Crippen LogP contribution in [0.5, 0.6) is 0 Å². The van der Waals surface area contributed by atoms with E-state index < -0.39 is 35.1 Å². The maximum absolute atomic E-state index is 14.9. The average Bonchev–Trinajstić information content (AvgIpc) is 3.65. The van der Waals surface area contributed by atoms with E-state index in [0.717, 1.165) is 38.5 Å². The van der Waals surface area contributed by atoms with Gasteiger partial charge in [-0.25, -0.2) is 0 Å². The summed E-state index contributed by atoms with van der Waals surface area (Å²) in [6.45, 7) is 12.5. The second kappa shape index (κ2) is 21.7. The van der Waals surface area contributed by atoms with Crippen LogP contribution in [0.1, 0.15) is 202 Å². The van der Waals surface area contributed by atoms with Crippen LogP contribution in [0, 0.1) is 34.5 Å². The van der Waals surface area contributed by atoms with Crippen LogP contribution >= 0.6 is 0 Å². The zero-order chi connectivity index (χ0) is 40.1. The van der Waals surface area contributed by atoms with Crippen LogP contribution in [0.4, 0.5) is 0 Å². The standard InChI is InChI=1S/C48H80O7/c1-7-9-11-13-15-17-19-21-23-25-27-29-40(49)54-34-37-32-38-42-39(46(42,5)6)31-36(4)47(44(38)52)33-35(3)45(48(47,53)43(37)51)55-41(50)30-28-26-24-22-20-18-16-14-12-10-8-2/h32-33,36,38-39,42-43,45,51,53H,7-31,34H2,1-6H3. The lowest BCUT2D eigenvalue weighted by molar-refractivity contribution is -0.203. The predicted molar refractivity (Wildman–Crippen MR) is 221 cm³/mol. The maximum atomic E-state index is 14.9. The zero-order valence-electron chi connectivity index (χ0n) is 35.9. The number of aliphatic hydroxyl groups excluding tert-OH is 1. The van der Waals surface area contributed by atoms with Gasteiger partial charge in [0.15, 0.2) is 17.5 Å². The number of esters is 2. The monoisotopic (exact) mass is 769 g/mol. The third-order valence-corrected chi connectivity index (χ3v) is 14.3. The molecule has 0 aromatic heterocycles. The zero-order valence-corrected chi connectivity index (χ0v) is 35.9. The van der Waals surface area contributed by atoms with Gasteiger partial charge in [-0.1, -0.05) is 175 Å². The van der Waals surface area contributed by atoms with Crippen molar-refractivity contribution in [2.24, 2.45) is 34.5 Å². The summed E-state index contributed by atoms with van der Waals surface area (Å²) in [5, 5.41) is 25.2. The summed E-state index contributed by atoms with van der Waals surface area (Å²) in [5.74, 6) is -1.36. The van der Waals surface area contributed by atoms with Crippen molar-refractivity contribution < 1.29 is 34.1 Å². The number of hydrogen-bond acceptors (Lipinski definition) is 7. The Hall–Kier alpha value is -1.99. The van der Waals surface area contributed by atoms with Crippen molar-refractivity contribution in [1.29, 1.82) is 0 Å². The Kier molecular flexibility index (Phi) is 18.0. The number of fused-ring (bicyclic) bond motifs is 3. The molecule has 8 unspecified atom stereocenters. The summed E-state index contributed by atoms with van der Waals surface area (Å²) in [6, 6.07) is 0. The lowest BCUT2D eigenvalue weighted by Gasteiger charge is -2.48. The molecule has 4 aliphatic rings. The van der Waals surface area contributed by atoms with Crippen molar-refractivity contribution in [3.05, 3.63) is 23.3 Å². The molecule has 2 N–H and O–H groups in total. The van der Waals surface area contributed by atoms with Crippen molar-refractivity contribution in [2.75, 3.05) is 6.61 Å². The molecule has 7 heteroatoms. The molecule has 2 saturated carbocycles. The van der Waals surface area contributed by atoms with Crippen LogP contribution in [0.3, 0.4) is 0 Å². The van der Waals surface area contributed by atoms with E-state index in [1.807, 2.05) is 13.0 Å². The van der Waals surface area contributed by atoms with E-state index in [-0.39, 0.29) is 47.9 Å². The number of aliphatic hydroxyl groups is 2. The second-order valence-electron chi connectivity index (χ2n) is 18.8. The minimum atomic E-state index is -2.11. The minimum Gasteiger partial charge on any atom is -0.461 e. The van der Waals surface area contributed by atoms with E-state index in [1.165, 1.54) is 103 Å². The topological polar surface area (TPSA) is 110 Å². The van der Waals surface area contributed by atoms with Gasteiger partial charge >= 0.3 is 11.9 Å². The van der Waals surface area contributed by atoms with Crippen molar-refractivity contribution in [2.45, 2.75) is 220 Å². The Labute approximate surface area is 335 Å². The lowest BCUT2D eigenvalue weighted by atomic mass is 9.59. The molecule has 0 radical (unpaired) electrons. The summed E-state index contributed by atoms with van der Waals surface area (Å²) in [6.07, 6.45) is 28.2. The van der Waals surface area contributed by atoms with Crippen LogP contribution in [-0.4, -0.2) is 52.4 Å². The molecule has 0 amide bonds. The Bertz CT molecular complexity index is 1300. The molecular weight excluding hydrogens is 689 g/mol. The third kappa shape index (κ3) is 10.9. The molecule has 8 atom stereocenters. The number of carbonyl (C=O) groups is 3. The van der Waals surface area contributed by atoms with E-state index >= 15 is 0 Å². The average molecular weight is 769 g/mol. The number of unbranched alkanes of at least 4 members (excludes halogenated alkanes) is 20. The SMILES string of the molecule is CCCCCCCCCCCCCC(=O)OCC1=CC2C(=O)C3(C=C(C)C(OC(=O)CCCCCCCCCCCCC)C3(O)C1O)C(C)CC1C2C1(C)C. The number of allylic oxidation sites excluding steroid dienone is 1. The summed E-state index contributed by atoms with van der Waals surface area (Å²) < 4.78 is 11.9. The van der Waals surface area contributed by atoms with Gasteiger partial charge in [-0.15, -0.1) is 0 Å². The first kappa shape index (κ1) is 45.7. The molecule has 7 nitrogen and oxygen atoms in total.